The van der Waals surface area contributed by atoms with Gasteiger partial charge in [0.2, 0.25) is 5.91 Å². The van der Waals surface area contributed by atoms with Gasteiger partial charge in [0.25, 0.3) is 0 Å². The summed E-state index contributed by atoms with van der Waals surface area (Å²) in [5.41, 5.74) is 0.682. The molecule has 0 unspecified atom stereocenters. The highest BCUT2D eigenvalue weighted by molar-refractivity contribution is 5.76. The summed E-state index contributed by atoms with van der Waals surface area (Å²) in [5, 5.41) is 15.7. The number of hydrogen-bond donors (Lipinski definition) is 1. The zero-order chi connectivity index (χ0) is 17.6. The van der Waals surface area contributed by atoms with E-state index in [1.165, 1.54) is 0 Å². The second-order valence-corrected chi connectivity index (χ2v) is 5.61. The van der Waals surface area contributed by atoms with Gasteiger partial charge in [0.05, 0.1) is 12.8 Å². The second-order valence-electron chi connectivity index (χ2n) is 5.61. The third-order valence-corrected chi connectivity index (χ3v) is 4.02. The molecule has 0 aliphatic carbocycles. The summed E-state index contributed by atoms with van der Waals surface area (Å²) in [7, 11) is 0. The fourth-order valence-electron chi connectivity index (χ4n) is 2.61. The van der Waals surface area contributed by atoms with E-state index in [4.69, 9.17) is 4.42 Å². The number of furan rings is 1. The van der Waals surface area contributed by atoms with Crippen LogP contribution >= 0.6 is 0 Å². The smallest absolute Gasteiger partial charge is 0.220 e. The minimum atomic E-state index is -0.0620. The zero-order valence-corrected chi connectivity index (χ0v) is 14.5. The fraction of sp³-hybridized carbons (Fsp3) is 0.412. The normalized spacial score (nSPS) is 11.0. The number of aryl methyl sites for hydroxylation is 1. The van der Waals surface area contributed by atoms with E-state index >= 15 is 0 Å². The molecule has 3 heterocycles. The number of nitrogens with one attached hydrogen (secondary N) is 1. The average molecular weight is 342 g/mol. The van der Waals surface area contributed by atoms with Crippen LogP contribution in [0.5, 0.6) is 0 Å². The van der Waals surface area contributed by atoms with Gasteiger partial charge in [-0.1, -0.05) is 0 Å². The summed E-state index contributed by atoms with van der Waals surface area (Å²) >= 11 is 0. The summed E-state index contributed by atoms with van der Waals surface area (Å²) in [5.74, 6) is 2.22. The molecule has 0 aliphatic heterocycles. The Morgan fingerprint density at radius 3 is 2.80 bits per heavy atom. The Morgan fingerprint density at radius 1 is 1.24 bits per heavy atom. The average Bonchev–Trinajstić information content (AvgIpc) is 3.29. The van der Waals surface area contributed by atoms with E-state index in [1.54, 1.807) is 16.8 Å². The number of fused-ring (bicyclic) bond motifs is 1. The number of carbonyl (C=O) groups excluding carboxylic acids is 1. The Hall–Kier alpha value is -2.90. The molecule has 0 saturated heterocycles. The third-order valence-electron chi connectivity index (χ3n) is 4.02. The van der Waals surface area contributed by atoms with Crippen LogP contribution in [0.15, 0.2) is 34.9 Å². The molecule has 3 rings (SSSR count). The van der Waals surface area contributed by atoms with E-state index in [-0.39, 0.29) is 5.91 Å². The van der Waals surface area contributed by atoms with E-state index < -0.39 is 0 Å². The molecule has 0 aliphatic rings. The van der Waals surface area contributed by atoms with Gasteiger partial charge in [-0.3, -0.25) is 4.79 Å². The van der Waals surface area contributed by atoms with Crippen molar-refractivity contribution in [2.75, 3.05) is 18.0 Å². The van der Waals surface area contributed by atoms with E-state index in [0.717, 1.165) is 24.7 Å². The number of nitrogens with zero attached hydrogens (tertiary/aromatic N) is 5. The molecular weight excluding hydrogens is 320 g/mol. The van der Waals surface area contributed by atoms with E-state index in [1.807, 2.05) is 18.2 Å². The maximum Gasteiger partial charge on any atom is 0.220 e. The van der Waals surface area contributed by atoms with E-state index in [9.17, 15) is 4.79 Å². The zero-order valence-electron chi connectivity index (χ0n) is 14.5. The van der Waals surface area contributed by atoms with Crippen molar-refractivity contribution >= 4 is 17.4 Å². The van der Waals surface area contributed by atoms with Crippen LogP contribution < -0.4 is 10.2 Å². The van der Waals surface area contributed by atoms with Gasteiger partial charge >= 0.3 is 0 Å². The Balaban J connectivity index is 1.64. The van der Waals surface area contributed by atoms with Crippen molar-refractivity contribution in [1.82, 2.24) is 25.1 Å². The van der Waals surface area contributed by atoms with Crippen molar-refractivity contribution in [3.05, 3.63) is 42.1 Å². The number of amides is 1. The molecule has 0 radical (unpaired) electrons. The van der Waals surface area contributed by atoms with Crippen molar-refractivity contribution < 1.29 is 9.21 Å². The number of carbonyl (C=O) groups is 1. The molecule has 8 nitrogen and oxygen atoms in total. The van der Waals surface area contributed by atoms with Crippen LogP contribution in [0.2, 0.25) is 0 Å². The van der Waals surface area contributed by atoms with Crippen molar-refractivity contribution in [3.63, 3.8) is 0 Å². The largest absolute Gasteiger partial charge is 0.467 e. The quantitative estimate of drug-likeness (QED) is 0.672. The highest BCUT2D eigenvalue weighted by Gasteiger charge is 2.12. The molecule has 3 aromatic heterocycles. The van der Waals surface area contributed by atoms with Crippen molar-refractivity contribution in [2.45, 2.75) is 33.2 Å². The fourth-order valence-corrected chi connectivity index (χ4v) is 2.61. The standard InChI is InChI=1S/C17H22N6O2/c1-3-22(4-2)16-8-7-14-19-20-15(23(14)21-16)9-10-17(24)18-12-13-6-5-11-25-13/h5-8,11H,3-4,9-10,12H2,1-2H3,(H,18,24). The lowest BCUT2D eigenvalue weighted by molar-refractivity contribution is -0.121. The molecule has 0 fully saturated rings. The van der Waals surface area contributed by atoms with Crippen LogP contribution in [0.25, 0.3) is 5.65 Å². The van der Waals surface area contributed by atoms with Gasteiger partial charge in [-0.25, -0.2) is 0 Å². The van der Waals surface area contributed by atoms with Crippen molar-refractivity contribution in [2.24, 2.45) is 0 Å². The van der Waals surface area contributed by atoms with Gasteiger partial charge in [0.15, 0.2) is 11.5 Å². The number of rotatable bonds is 8. The molecular formula is C17H22N6O2. The van der Waals surface area contributed by atoms with E-state index in [0.29, 0.717) is 30.9 Å². The molecule has 1 amide bonds. The van der Waals surface area contributed by atoms with Crippen LogP contribution in [-0.4, -0.2) is 38.8 Å². The lowest BCUT2D eigenvalue weighted by atomic mass is 10.3. The molecule has 0 saturated carbocycles. The molecule has 1 N–H and O–H groups in total. The highest BCUT2D eigenvalue weighted by Crippen LogP contribution is 2.12. The maximum atomic E-state index is 12.0. The molecule has 132 valence electrons. The predicted octanol–water partition coefficient (Wildman–Crippen LogP) is 1.81. The highest BCUT2D eigenvalue weighted by atomic mass is 16.3. The van der Waals surface area contributed by atoms with Gasteiger partial charge in [0.1, 0.15) is 11.6 Å². The van der Waals surface area contributed by atoms with E-state index in [2.05, 4.69) is 39.4 Å². The van der Waals surface area contributed by atoms with Gasteiger partial charge in [-0.15, -0.1) is 15.3 Å². The van der Waals surface area contributed by atoms with Gasteiger partial charge < -0.3 is 14.6 Å². The monoisotopic (exact) mass is 342 g/mol. The summed E-state index contributed by atoms with van der Waals surface area (Å²) in [4.78, 5) is 14.2. The lowest BCUT2D eigenvalue weighted by Gasteiger charge is -2.19. The molecule has 25 heavy (non-hydrogen) atoms. The SMILES string of the molecule is CCN(CC)c1ccc2nnc(CCC(=O)NCc3ccco3)n2n1. The first-order chi connectivity index (χ1) is 12.2. The number of anilines is 1. The Kier molecular flexibility index (Phi) is 5.27. The first-order valence-electron chi connectivity index (χ1n) is 8.46. The first kappa shape index (κ1) is 16.9. The van der Waals surface area contributed by atoms with Gasteiger partial charge in [-0.05, 0) is 38.1 Å². The summed E-state index contributed by atoms with van der Waals surface area (Å²) < 4.78 is 6.91. The van der Waals surface area contributed by atoms with Crippen LogP contribution in [0.1, 0.15) is 31.9 Å². The van der Waals surface area contributed by atoms with Crippen LogP contribution in [0.4, 0.5) is 5.82 Å². The molecule has 0 aromatic carbocycles. The lowest BCUT2D eigenvalue weighted by Crippen LogP contribution is -2.24. The van der Waals surface area contributed by atoms with Crippen molar-refractivity contribution in [1.29, 1.82) is 0 Å². The summed E-state index contributed by atoms with van der Waals surface area (Å²) in [6.07, 6.45) is 2.38. The number of hydrogen-bond acceptors (Lipinski definition) is 6. The van der Waals surface area contributed by atoms with Gasteiger partial charge in [-0.2, -0.15) is 4.52 Å². The molecule has 0 spiro atoms. The third kappa shape index (κ3) is 3.96. The van der Waals surface area contributed by atoms with Crippen LogP contribution in [-0.2, 0) is 17.8 Å². The second kappa shape index (κ2) is 7.78. The Bertz CT molecular complexity index is 823. The minimum Gasteiger partial charge on any atom is -0.467 e. The summed E-state index contributed by atoms with van der Waals surface area (Å²) in [6.45, 7) is 6.32. The van der Waals surface area contributed by atoms with Crippen LogP contribution in [0, 0.1) is 0 Å². The molecule has 0 bridgehead atoms. The minimum absolute atomic E-state index is 0.0620. The van der Waals surface area contributed by atoms with Crippen molar-refractivity contribution in [3.8, 4) is 0 Å². The topological polar surface area (TPSA) is 88.6 Å². The molecule has 8 heteroatoms. The Labute approximate surface area is 145 Å². The predicted molar refractivity (Wildman–Crippen MR) is 93.2 cm³/mol. The van der Waals surface area contributed by atoms with Gasteiger partial charge in [0, 0.05) is 25.9 Å². The maximum absolute atomic E-state index is 12.0. The molecule has 0 atom stereocenters. The van der Waals surface area contributed by atoms with Crippen LogP contribution in [0.3, 0.4) is 0 Å². The summed E-state index contributed by atoms with van der Waals surface area (Å²) in [6, 6.07) is 7.46. The number of aromatic nitrogens is 4. The molecule has 3 aromatic rings. The first-order valence-corrected chi connectivity index (χ1v) is 8.46. The Morgan fingerprint density at radius 2 is 2.08 bits per heavy atom.